The van der Waals surface area contributed by atoms with Crippen molar-refractivity contribution in [2.24, 2.45) is 0 Å². The SMILES string of the molecule is CC(=O)NS(=O)(=O)c1ccc(NC(=O)c2scnc2-c2ccccc2)cc1. The van der Waals surface area contributed by atoms with Crippen LogP contribution in [0.15, 0.2) is 65.0 Å². The molecule has 1 heterocycles. The van der Waals surface area contributed by atoms with Crippen molar-refractivity contribution in [2.45, 2.75) is 11.8 Å². The second kappa shape index (κ2) is 7.68. The van der Waals surface area contributed by atoms with Gasteiger partial charge in [-0.3, -0.25) is 9.59 Å². The molecule has 0 aliphatic heterocycles. The Morgan fingerprint density at radius 3 is 2.30 bits per heavy atom. The zero-order chi connectivity index (χ0) is 19.4. The van der Waals surface area contributed by atoms with E-state index >= 15 is 0 Å². The summed E-state index contributed by atoms with van der Waals surface area (Å²) in [4.78, 5) is 28.2. The molecule has 3 aromatic rings. The lowest BCUT2D eigenvalue weighted by Crippen LogP contribution is -2.28. The number of anilines is 1. The summed E-state index contributed by atoms with van der Waals surface area (Å²) in [5.74, 6) is -1.01. The second-order valence-corrected chi connectivity index (χ2v) is 8.07. The number of carbonyl (C=O) groups is 2. The Balaban J connectivity index is 1.78. The van der Waals surface area contributed by atoms with Crippen LogP contribution in [0.5, 0.6) is 0 Å². The zero-order valence-corrected chi connectivity index (χ0v) is 15.8. The fraction of sp³-hybridized carbons (Fsp3) is 0.0556. The van der Waals surface area contributed by atoms with Gasteiger partial charge in [0.05, 0.1) is 16.1 Å². The van der Waals surface area contributed by atoms with Crippen LogP contribution in [0.2, 0.25) is 0 Å². The van der Waals surface area contributed by atoms with E-state index in [1.165, 1.54) is 35.6 Å². The summed E-state index contributed by atoms with van der Waals surface area (Å²) < 4.78 is 25.8. The van der Waals surface area contributed by atoms with Crippen LogP contribution in [0, 0.1) is 0 Å². The third kappa shape index (κ3) is 4.39. The number of aromatic nitrogens is 1. The van der Waals surface area contributed by atoms with E-state index in [1.54, 1.807) is 5.51 Å². The molecular weight excluding hydrogens is 386 g/mol. The number of hydrogen-bond acceptors (Lipinski definition) is 6. The standard InChI is InChI=1S/C18H15N3O4S2/c1-12(22)21-27(24,25)15-9-7-14(8-10-15)20-18(23)17-16(19-11-26-17)13-5-3-2-4-6-13/h2-11H,1H3,(H,20,23)(H,21,22). The molecule has 0 saturated heterocycles. The maximum absolute atomic E-state index is 12.6. The number of hydrogen-bond donors (Lipinski definition) is 2. The van der Waals surface area contributed by atoms with Gasteiger partial charge in [-0.25, -0.2) is 18.1 Å². The molecule has 0 fully saturated rings. The van der Waals surface area contributed by atoms with Crippen molar-refractivity contribution in [3.8, 4) is 11.3 Å². The third-order valence-corrected chi connectivity index (χ3v) is 5.80. The normalized spacial score (nSPS) is 11.0. The second-order valence-electron chi connectivity index (χ2n) is 5.54. The average Bonchev–Trinajstić information content (AvgIpc) is 3.12. The van der Waals surface area contributed by atoms with Gasteiger partial charge in [-0.2, -0.15) is 0 Å². The molecule has 2 aromatic carbocycles. The van der Waals surface area contributed by atoms with Crippen LogP contribution in [0.1, 0.15) is 16.6 Å². The third-order valence-electron chi connectivity index (χ3n) is 3.52. The summed E-state index contributed by atoms with van der Waals surface area (Å²) >= 11 is 1.22. The molecule has 7 nitrogen and oxygen atoms in total. The zero-order valence-electron chi connectivity index (χ0n) is 14.2. The van der Waals surface area contributed by atoms with E-state index < -0.39 is 15.9 Å². The molecule has 0 atom stereocenters. The summed E-state index contributed by atoms with van der Waals surface area (Å²) in [6.45, 7) is 1.12. The number of benzene rings is 2. The van der Waals surface area contributed by atoms with E-state index in [-0.39, 0.29) is 10.8 Å². The van der Waals surface area contributed by atoms with Gasteiger partial charge in [-0.05, 0) is 24.3 Å². The van der Waals surface area contributed by atoms with E-state index in [0.717, 1.165) is 12.5 Å². The van der Waals surface area contributed by atoms with Gasteiger partial charge in [0.2, 0.25) is 5.91 Å². The van der Waals surface area contributed by atoms with Crippen LogP contribution in [0.25, 0.3) is 11.3 Å². The minimum Gasteiger partial charge on any atom is -0.321 e. The first-order chi connectivity index (χ1) is 12.9. The number of nitrogens with one attached hydrogen (secondary N) is 2. The van der Waals surface area contributed by atoms with E-state index in [4.69, 9.17) is 0 Å². The van der Waals surface area contributed by atoms with Crippen molar-refractivity contribution in [3.63, 3.8) is 0 Å². The molecule has 0 unspecified atom stereocenters. The fourth-order valence-electron chi connectivity index (χ4n) is 2.36. The van der Waals surface area contributed by atoms with E-state index in [1.807, 2.05) is 35.1 Å². The molecule has 0 spiro atoms. The van der Waals surface area contributed by atoms with Crippen molar-refractivity contribution in [2.75, 3.05) is 5.32 Å². The predicted molar refractivity (Wildman–Crippen MR) is 103 cm³/mol. The summed E-state index contributed by atoms with van der Waals surface area (Å²) in [6.07, 6.45) is 0. The fourth-order valence-corrected chi connectivity index (χ4v) is 4.06. The Bertz CT molecular complexity index is 1080. The molecule has 0 radical (unpaired) electrons. The summed E-state index contributed by atoms with van der Waals surface area (Å²) in [6, 6.07) is 14.9. The first-order valence-electron chi connectivity index (χ1n) is 7.80. The van der Waals surface area contributed by atoms with Gasteiger partial charge in [-0.1, -0.05) is 30.3 Å². The quantitative estimate of drug-likeness (QED) is 0.684. The lowest BCUT2D eigenvalue weighted by atomic mass is 10.1. The van der Waals surface area contributed by atoms with Crippen LogP contribution >= 0.6 is 11.3 Å². The van der Waals surface area contributed by atoms with Crippen molar-refractivity contribution < 1.29 is 18.0 Å². The van der Waals surface area contributed by atoms with Crippen molar-refractivity contribution in [3.05, 3.63) is 65.0 Å². The van der Waals surface area contributed by atoms with E-state index in [2.05, 4.69) is 10.3 Å². The number of nitrogens with zero attached hydrogens (tertiary/aromatic N) is 1. The summed E-state index contributed by atoms with van der Waals surface area (Å²) in [5.41, 5.74) is 3.44. The van der Waals surface area contributed by atoms with Gasteiger partial charge in [0, 0.05) is 18.2 Å². The molecule has 0 aliphatic rings. The predicted octanol–water partition coefficient (Wildman–Crippen LogP) is 2.89. The molecule has 27 heavy (non-hydrogen) atoms. The molecule has 138 valence electrons. The molecule has 2 N–H and O–H groups in total. The lowest BCUT2D eigenvalue weighted by Gasteiger charge is -2.08. The average molecular weight is 401 g/mol. The molecule has 2 amide bonds. The summed E-state index contributed by atoms with van der Waals surface area (Å²) in [5, 5.41) is 2.72. The van der Waals surface area contributed by atoms with Gasteiger partial charge in [-0.15, -0.1) is 11.3 Å². The largest absolute Gasteiger partial charge is 0.321 e. The highest BCUT2D eigenvalue weighted by atomic mass is 32.2. The monoisotopic (exact) mass is 401 g/mol. The van der Waals surface area contributed by atoms with Gasteiger partial charge in [0.15, 0.2) is 0 Å². The molecular formula is C18H15N3O4S2. The highest BCUT2D eigenvalue weighted by Crippen LogP contribution is 2.26. The molecule has 9 heteroatoms. The number of amides is 2. The maximum Gasteiger partial charge on any atom is 0.268 e. The molecule has 3 rings (SSSR count). The number of carbonyl (C=O) groups excluding carboxylic acids is 2. The van der Waals surface area contributed by atoms with E-state index in [9.17, 15) is 18.0 Å². The Morgan fingerprint density at radius 2 is 1.67 bits per heavy atom. The smallest absolute Gasteiger partial charge is 0.268 e. The van der Waals surface area contributed by atoms with E-state index in [0.29, 0.717) is 16.3 Å². The van der Waals surface area contributed by atoms with Gasteiger partial charge in [0.25, 0.3) is 15.9 Å². The van der Waals surface area contributed by atoms with Crippen molar-refractivity contribution in [1.29, 1.82) is 0 Å². The van der Waals surface area contributed by atoms with Crippen LogP contribution in [0.3, 0.4) is 0 Å². The van der Waals surface area contributed by atoms with Gasteiger partial charge >= 0.3 is 0 Å². The van der Waals surface area contributed by atoms with Crippen LogP contribution in [-0.2, 0) is 14.8 Å². The molecule has 0 aliphatic carbocycles. The Labute approximate surface area is 160 Å². The first-order valence-corrected chi connectivity index (χ1v) is 10.2. The van der Waals surface area contributed by atoms with Crippen molar-refractivity contribution >= 4 is 38.9 Å². The highest BCUT2D eigenvalue weighted by molar-refractivity contribution is 7.90. The highest BCUT2D eigenvalue weighted by Gasteiger charge is 2.18. The number of rotatable bonds is 5. The van der Waals surface area contributed by atoms with Crippen molar-refractivity contribution in [1.82, 2.24) is 9.71 Å². The minimum absolute atomic E-state index is 0.0709. The Hall–Kier alpha value is -3.04. The van der Waals surface area contributed by atoms with Crippen LogP contribution in [-0.4, -0.2) is 25.2 Å². The minimum atomic E-state index is -3.91. The van der Waals surface area contributed by atoms with Gasteiger partial charge in [0.1, 0.15) is 4.88 Å². The number of thiazole rings is 1. The molecule has 1 aromatic heterocycles. The van der Waals surface area contributed by atoms with Crippen LogP contribution in [0.4, 0.5) is 5.69 Å². The molecule has 0 saturated carbocycles. The van der Waals surface area contributed by atoms with Gasteiger partial charge < -0.3 is 5.32 Å². The first kappa shape index (κ1) is 18.7. The lowest BCUT2D eigenvalue weighted by molar-refractivity contribution is -0.117. The van der Waals surface area contributed by atoms with Crippen LogP contribution < -0.4 is 10.0 Å². The Morgan fingerprint density at radius 1 is 1.00 bits per heavy atom. The molecule has 0 bridgehead atoms. The topological polar surface area (TPSA) is 105 Å². The number of sulfonamides is 1. The maximum atomic E-state index is 12.6. The summed E-state index contributed by atoms with van der Waals surface area (Å²) in [7, 11) is -3.91. The Kier molecular flexibility index (Phi) is 5.33.